The molecule has 6 nitrogen and oxygen atoms in total. The van der Waals surface area contributed by atoms with Crippen LogP contribution in [-0.2, 0) is 4.74 Å². The zero-order chi connectivity index (χ0) is 18.1. The number of benzene rings is 1. The number of halogens is 2. The highest BCUT2D eigenvalue weighted by Crippen LogP contribution is 2.22. The first-order valence-corrected chi connectivity index (χ1v) is 9.22. The first-order valence-electron chi connectivity index (χ1n) is 8.47. The van der Waals surface area contributed by atoms with Crippen molar-refractivity contribution in [1.29, 1.82) is 0 Å². The fourth-order valence-corrected chi connectivity index (χ4v) is 2.72. The third kappa shape index (κ3) is 6.72. The zero-order valence-electron chi connectivity index (χ0n) is 14.3. The molecule has 2 rings (SSSR count). The van der Waals surface area contributed by atoms with E-state index in [0.29, 0.717) is 35.2 Å². The molecule has 1 aliphatic heterocycles. The zero-order valence-corrected chi connectivity index (χ0v) is 15.8. The second kappa shape index (κ2) is 10.5. The summed E-state index contributed by atoms with van der Waals surface area (Å²) in [5.74, 6) is 0.531. The maximum Gasteiger partial charge on any atom is 0.251 e. The van der Waals surface area contributed by atoms with Crippen LogP contribution >= 0.6 is 23.2 Å². The Kier molecular flexibility index (Phi) is 8.31. The normalized spacial score (nSPS) is 17.4. The van der Waals surface area contributed by atoms with Crippen LogP contribution in [0.3, 0.4) is 0 Å². The lowest BCUT2D eigenvalue weighted by Crippen LogP contribution is -2.42. The van der Waals surface area contributed by atoms with Gasteiger partial charge in [0.2, 0.25) is 0 Å². The van der Waals surface area contributed by atoms with Gasteiger partial charge in [0.25, 0.3) is 5.91 Å². The van der Waals surface area contributed by atoms with E-state index in [4.69, 9.17) is 27.9 Å². The Morgan fingerprint density at radius 3 is 2.72 bits per heavy atom. The van der Waals surface area contributed by atoms with E-state index in [9.17, 15) is 4.79 Å². The van der Waals surface area contributed by atoms with Crippen LogP contribution in [0.1, 0.15) is 30.1 Å². The summed E-state index contributed by atoms with van der Waals surface area (Å²) in [7, 11) is 0. The summed E-state index contributed by atoms with van der Waals surface area (Å²) >= 11 is 11.8. The van der Waals surface area contributed by atoms with Crippen molar-refractivity contribution in [2.75, 3.05) is 32.8 Å². The number of rotatable bonds is 7. The predicted molar refractivity (Wildman–Crippen MR) is 102 cm³/mol. The lowest BCUT2D eigenvalue weighted by molar-refractivity contribution is 0.0954. The summed E-state index contributed by atoms with van der Waals surface area (Å²) in [6.07, 6.45) is 2.37. The van der Waals surface area contributed by atoms with Gasteiger partial charge in [0.15, 0.2) is 5.96 Å². The first-order chi connectivity index (χ1) is 12.1. The van der Waals surface area contributed by atoms with Crippen molar-refractivity contribution in [2.45, 2.75) is 25.9 Å². The highest BCUT2D eigenvalue weighted by molar-refractivity contribution is 6.42. The molecule has 0 bridgehead atoms. The Bertz CT molecular complexity index is 604. The minimum Gasteiger partial charge on any atom is -0.376 e. The van der Waals surface area contributed by atoms with Crippen LogP contribution < -0.4 is 16.0 Å². The summed E-state index contributed by atoms with van der Waals surface area (Å²) < 4.78 is 5.57. The van der Waals surface area contributed by atoms with Gasteiger partial charge in [-0.2, -0.15) is 0 Å². The summed E-state index contributed by atoms with van der Waals surface area (Å²) in [6.45, 7) is 5.27. The highest BCUT2D eigenvalue weighted by Gasteiger charge is 2.14. The van der Waals surface area contributed by atoms with Crippen molar-refractivity contribution in [3.05, 3.63) is 33.8 Å². The van der Waals surface area contributed by atoms with Crippen LogP contribution in [-0.4, -0.2) is 50.8 Å². The molecule has 0 aromatic heterocycles. The molecule has 25 heavy (non-hydrogen) atoms. The van der Waals surface area contributed by atoms with Crippen LogP contribution in [0.25, 0.3) is 0 Å². The molecule has 1 atom stereocenters. The summed E-state index contributed by atoms with van der Waals surface area (Å²) in [6, 6.07) is 4.81. The second-order valence-electron chi connectivity index (χ2n) is 5.67. The van der Waals surface area contributed by atoms with E-state index < -0.39 is 0 Å². The minimum absolute atomic E-state index is 0.193. The molecule has 1 saturated heterocycles. The summed E-state index contributed by atoms with van der Waals surface area (Å²) in [4.78, 5) is 16.6. The molecule has 8 heteroatoms. The van der Waals surface area contributed by atoms with E-state index in [2.05, 4.69) is 20.9 Å². The molecule has 1 aromatic rings. The topological polar surface area (TPSA) is 74.8 Å². The molecule has 0 saturated carbocycles. The third-order valence-corrected chi connectivity index (χ3v) is 4.45. The van der Waals surface area contributed by atoms with Gasteiger partial charge in [-0.1, -0.05) is 23.2 Å². The maximum absolute atomic E-state index is 12.1. The predicted octanol–water partition coefficient (Wildman–Crippen LogP) is 2.46. The van der Waals surface area contributed by atoms with Crippen LogP contribution in [0, 0.1) is 0 Å². The minimum atomic E-state index is -0.193. The van der Waals surface area contributed by atoms with Crippen molar-refractivity contribution in [3.8, 4) is 0 Å². The average Bonchev–Trinajstić information content (AvgIpc) is 3.12. The third-order valence-electron chi connectivity index (χ3n) is 3.71. The fraction of sp³-hybridized carbons (Fsp3) is 0.529. The summed E-state index contributed by atoms with van der Waals surface area (Å²) in [5.41, 5.74) is 0.480. The highest BCUT2D eigenvalue weighted by atomic mass is 35.5. The number of carbonyl (C=O) groups is 1. The number of hydrogen-bond donors (Lipinski definition) is 3. The SMILES string of the molecule is CCNC(=NCC1CCCO1)NCCNC(=O)c1ccc(Cl)c(Cl)c1. The van der Waals surface area contributed by atoms with Gasteiger partial charge in [-0.3, -0.25) is 9.79 Å². The van der Waals surface area contributed by atoms with E-state index in [1.807, 2.05) is 6.92 Å². The standard InChI is InChI=1S/C17H24Cl2N4O2/c1-2-20-17(23-11-13-4-3-9-25-13)22-8-7-21-16(24)12-5-6-14(18)15(19)10-12/h5-6,10,13H,2-4,7-9,11H2,1H3,(H,21,24)(H2,20,22,23). The molecule has 1 aromatic carbocycles. The molecule has 1 fully saturated rings. The Morgan fingerprint density at radius 2 is 2.04 bits per heavy atom. The molecule has 1 unspecified atom stereocenters. The lowest BCUT2D eigenvalue weighted by atomic mass is 10.2. The van der Waals surface area contributed by atoms with Crippen LogP contribution in [0.4, 0.5) is 0 Å². The average molecular weight is 387 g/mol. The Hall–Kier alpha value is -1.50. The smallest absolute Gasteiger partial charge is 0.251 e. The van der Waals surface area contributed by atoms with Crippen LogP contribution in [0.15, 0.2) is 23.2 Å². The molecular weight excluding hydrogens is 363 g/mol. The number of nitrogens with one attached hydrogen (secondary N) is 3. The number of carbonyl (C=O) groups excluding carboxylic acids is 1. The number of nitrogens with zero attached hydrogens (tertiary/aromatic N) is 1. The first kappa shape index (κ1) is 19.8. The molecule has 1 aliphatic rings. The largest absolute Gasteiger partial charge is 0.376 e. The Morgan fingerprint density at radius 1 is 1.24 bits per heavy atom. The van der Waals surface area contributed by atoms with Gasteiger partial charge in [-0.05, 0) is 38.0 Å². The lowest BCUT2D eigenvalue weighted by Gasteiger charge is -2.13. The molecule has 0 radical (unpaired) electrons. The molecule has 1 heterocycles. The molecular formula is C17H24Cl2N4O2. The van der Waals surface area contributed by atoms with Crippen LogP contribution in [0.2, 0.25) is 10.0 Å². The number of amides is 1. The van der Waals surface area contributed by atoms with Gasteiger partial charge in [0.1, 0.15) is 0 Å². The van der Waals surface area contributed by atoms with E-state index in [1.165, 1.54) is 0 Å². The van der Waals surface area contributed by atoms with E-state index >= 15 is 0 Å². The number of aliphatic imine (C=N–C) groups is 1. The number of ether oxygens (including phenoxy) is 1. The van der Waals surface area contributed by atoms with Crippen molar-refractivity contribution in [1.82, 2.24) is 16.0 Å². The van der Waals surface area contributed by atoms with Gasteiger partial charge in [0.05, 0.1) is 22.7 Å². The molecule has 1 amide bonds. The fourth-order valence-electron chi connectivity index (χ4n) is 2.42. The van der Waals surface area contributed by atoms with Crippen molar-refractivity contribution >= 4 is 35.1 Å². The van der Waals surface area contributed by atoms with Gasteiger partial charge < -0.3 is 20.7 Å². The Balaban J connectivity index is 1.74. The number of guanidine groups is 1. The second-order valence-corrected chi connectivity index (χ2v) is 6.48. The quantitative estimate of drug-likeness (QED) is 0.382. The summed E-state index contributed by atoms with van der Waals surface area (Å²) in [5, 5.41) is 9.99. The monoisotopic (exact) mass is 386 g/mol. The van der Waals surface area contributed by atoms with Gasteiger partial charge >= 0.3 is 0 Å². The molecule has 138 valence electrons. The molecule has 3 N–H and O–H groups in total. The molecule has 0 aliphatic carbocycles. The Labute approximate surface area is 158 Å². The van der Waals surface area contributed by atoms with Crippen LogP contribution in [0.5, 0.6) is 0 Å². The van der Waals surface area contributed by atoms with Crippen molar-refractivity contribution in [3.63, 3.8) is 0 Å². The van der Waals surface area contributed by atoms with E-state index in [1.54, 1.807) is 18.2 Å². The van der Waals surface area contributed by atoms with Gasteiger partial charge in [-0.15, -0.1) is 0 Å². The van der Waals surface area contributed by atoms with Crippen molar-refractivity contribution < 1.29 is 9.53 Å². The maximum atomic E-state index is 12.1. The number of hydrogen-bond acceptors (Lipinski definition) is 3. The van der Waals surface area contributed by atoms with Gasteiger partial charge in [-0.25, -0.2) is 0 Å². The van der Waals surface area contributed by atoms with Crippen molar-refractivity contribution in [2.24, 2.45) is 4.99 Å². The van der Waals surface area contributed by atoms with Gasteiger partial charge in [0, 0.05) is 31.8 Å². The van der Waals surface area contributed by atoms with E-state index in [-0.39, 0.29) is 12.0 Å². The molecule has 0 spiro atoms. The van der Waals surface area contributed by atoms with E-state index in [0.717, 1.165) is 32.0 Å².